The van der Waals surface area contributed by atoms with Crippen molar-refractivity contribution in [3.05, 3.63) is 34.9 Å². The van der Waals surface area contributed by atoms with E-state index in [1.165, 1.54) is 0 Å². The van der Waals surface area contributed by atoms with Crippen molar-refractivity contribution in [3.8, 4) is 0 Å². The molecule has 0 unspecified atom stereocenters. The van der Waals surface area contributed by atoms with E-state index < -0.39 is 0 Å². The number of nitrogens with zero attached hydrogens (tertiary/aromatic N) is 2. The lowest BCUT2D eigenvalue weighted by molar-refractivity contribution is -0.146. The van der Waals surface area contributed by atoms with Crippen LogP contribution in [0.3, 0.4) is 0 Å². The Hall–Kier alpha value is -2.08. The van der Waals surface area contributed by atoms with Crippen molar-refractivity contribution in [3.63, 3.8) is 0 Å². The third-order valence-electron chi connectivity index (χ3n) is 3.87. The fourth-order valence-corrected chi connectivity index (χ4v) is 2.78. The van der Waals surface area contributed by atoms with Crippen LogP contribution in [-0.4, -0.2) is 60.4 Å². The first kappa shape index (κ1) is 18.3. The molecule has 2 rings (SSSR count). The van der Waals surface area contributed by atoms with Crippen LogP contribution in [0.5, 0.6) is 0 Å². The lowest BCUT2D eigenvalue weighted by Gasteiger charge is -2.35. The molecule has 1 fully saturated rings. The van der Waals surface area contributed by atoms with Crippen LogP contribution in [0.25, 0.3) is 0 Å². The summed E-state index contributed by atoms with van der Waals surface area (Å²) >= 11 is 6.06. The number of rotatable bonds is 5. The fraction of sp³-hybridized carbons (Fsp3) is 0.471. The van der Waals surface area contributed by atoms with Crippen molar-refractivity contribution < 1.29 is 19.1 Å². The van der Waals surface area contributed by atoms with Crippen molar-refractivity contribution in [1.82, 2.24) is 9.80 Å². The van der Waals surface area contributed by atoms with Gasteiger partial charge >= 0.3 is 5.97 Å². The molecule has 0 bridgehead atoms. The second kappa shape index (κ2) is 8.68. The highest BCUT2D eigenvalue weighted by atomic mass is 35.5. The van der Waals surface area contributed by atoms with Gasteiger partial charge in [0.2, 0.25) is 5.91 Å². The molecule has 7 heteroatoms. The normalized spacial score (nSPS) is 14.4. The number of hydrogen-bond acceptors (Lipinski definition) is 4. The van der Waals surface area contributed by atoms with E-state index in [-0.39, 0.29) is 30.6 Å². The van der Waals surface area contributed by atoms with E-state index in [1.807, 2.05) is 0 Å². The van der Waals surface area contributed by atoms with E-state index in [0.717, 1.165) is 0 Å². The molecule has 1 saturated heterocycles. The molecule has 0 atom stereocenters. The van der Waals surface area contributed by atoms with Gasteiger partial charge in [-0.1, -0.05) is 23.7 Å². The number of ether oxygens (including phenoxy) is 1. The lowest BCUT2D eigenvalue weighted by Crippen LogP contribution is -2.50. The Kier molecular flexibility index (Phi) is 6.61. The number of amides is 2. The van der Waals surface area contributed by atoms with Gasteiger partial charge in [0.1, 0.15) is 0 Å². The number of piperazine rings is 1. The van der Waals surface area contributed by atoms with Crippen LogP contribution in [0.1, 0.15) is 30.1 Å². The van der Waals surface area contributed by atoms with E-state index in [2.05, 4.69) is 0 Å². The zero-order valence-corrected chi connectivity index (χ0v) is 14.4. The van der Waals surface area contributed by atoms with Crippen LogP contribution in [0.2, 0.25) is 5.02 Å². The molecule has 0 saturated carbocycles. The largest absolute Gasteiger partial charge is 0.466 e. The second-order valence-electron chi connectivity index (χ2n) is 5.46. The summed E-state index contributed by atoms with van der Waals surface area (Å²) in [5.74, 6) is -0.578. The van der Waals surface area contributed by atoms with Crippen molar-refractivity contribution in [2.24, 2.45) is 0 Å². The summed E-state index contributed by atoms with van der Waals surface area (Å²) in [6, 6.07) is 6.93. The zero-order chi connectivity index (χ0) is 17.5. The van der Waals surface area contributed by atoms with E-state index in [1.54, 1.807) is 41.0 Å². The Bertz CT molecular complexity index is 612. The van der Waals surface area contributed by atoms with Gasteiger partial charge in [0, 0.05) is 32.6 Å². The van der Waals surface area contributed by atoms with Gasteiger partial charge in [-0.25, -0.2) is 0 Å². The van der Waals surface area contributed by atoms with Gasteiger partial charge in [-0.15, -0.1) is 0 Å². The smallest absolute Gasteiger partial charge is 0.306 e. The van der Waals surface area contributed by atoms with Gasteiger partial charge < -0.3 is 14.5 Å². The van der Waals surface area contributed by atoms with Crippen LogP contribution in [0.15, 0.2) is 24.3 Å². The summed E-state index contributed by atoms with van der Waals surface area (Å²) in [7, 11) is 0. The lowest BCUT2D eigenvalue weighted by atomic mass is 10.1. The summed E-state index contributed by atoms with van der Waals surface area (Å²) in [4.78, 5) is 39.2. The molecule has 0 radical (unpaired) electrons. The summed E-state index contributed by atoms with van der Waals surface area (Å²) in [5.41, 5.74) is 0.473. The molecule has 1 aromatic carbocycles. The third kappa shape index (κ3) is 4.71. The predicted molar refractivity (Wildman–Crippen MR) is 89.8 cm³/mol. The zero-order valence-electron chi connectivity index (χ0n) is 13.7. The van der Waals surface area contributed by atoms with Crippen molar-refractivity contribution in [2.75, 3.05) is 32.8 Å². The van der Waals surface area contributed by atoms with Crippen molar-refractivity contribution in [2.45, 2.75) is 19.8 Å². The first-order chi connectivity index (χ1) is 11.5. The minimum absolute atomic E-state index is 0.0887. The van der Waals surface area contributed by atoms with Crippen molar-refractivity contribution >= 4 is 29.4 Å². The molecule has 2 amide bonds. The molecule has 1 aliphatic heterocycles. The monoisotopic (exact) mass is 352 g/mol. The average Bonchev–Trinajstić information content (AvgIpc) is 2.60. The number of esters is 1. The molecule has 24 heavy (non-hydrogen) atoms. The molecule has 0 N–H and O–H groups in total. The van der Waals surface area contributed by atoms with Gasteiger partial charge in [0.15, 0.2) is 0 Å². The molecule has 0 aromatic heterocycles. The molecule has 1 aromatic rings. The first-order valence-corrected chi connectivity index (χ1v) is 8.38. The standard InChI is InChI=1S/C17H21ClN2O4/c1-2-24-16(22)8-7-15(21)19-9-11-20(12-10-19)17(23)13-5-3-4-6-14(13)18/h3-6H,2,7-12H2,1H3. The van der Waals surface area contributed by atoms with Crippen LogP contribution < -0.4 is 0 Å². The highest BCUT2D eigenvalue weighted by Gasteiger charge is 2.25. The molecular weight excluding hydrogens is 332 g/mol. The number of hydrogen-bond donors (Lipinski definition) is 0. The van der Waals surface area contributed by atoms with Crippen LogP contribution in [0.4, 0.5) is 0 Å². The third-order valence-corrected chi connectivity index (χ3v) is 4.20. The van der Waals surface area contributed by atoms with Gasteiger partial charge in [-0.3, -0.25) is 14.4 Å². The Morgan fingerprint density at radius 1 is 1.04 bits per heavy atom. The molecular formula is C17H21ClN2O4. The maximum absolute atomic E-state index is 12.5. The van der Waals surface area contributed by atoms with Gasteiger partial charge in [-0.2, -0.15) is 0 Å². The molecule has 130 valence electrons. The minimum Gasteiger partial charge on any atom is -0.466 e. The number of carbonyl (C=O) groups excluding carboxylic acids is 3. The van der Waals surface area contributed by atoms with Crippen LogP contribution in [0, 0.1) is 0 Å². The van der Waals surface area contributed by atoms with Crippen LogP contribution in [-0.2, 0) is 14.3 Å². The Morgan fingerprint density at radius 3 is 2.29 bits per heavy atom. The molecule has 0 aliphatic carbocycles. The highest BCUT2D eigenvalue weighted by Crippen LogP contribution is 2.18. The number of benzene rings is 1. The summed E-state index contributed by atoms with van der Waals surface area (Å²) in [6.45, 7) is 3.87. The number of halogens is 1. The van der Waals surface area contributed by atoms with Crippen LogP contribution >= 0.6 is 11.6 Å². The van der Waals surface area contributed by atoms with Gasteiger partial charge in [0.25, 0.3) is 5.91 Å². The fourth-order valence-electron chi connectivity index (χ4n) is 2.56. The van der Waals surface area contributed by atoms with E-state index in [0.29, 0.717) is 43.4 Å². The highest BCUT2D eigenvalue weighted by molar-refractivity contribution is 6.33. The van der Waals surface area contributed by atoms with E-state index in [9.17, 15) is 14.4 Å². The number of carbonyl (C=O) groups is 3. The molecule has 1 aliphatic rings. The Labute approximate surface area is 146 Å². The second-order valence-corrected chi connectivity index (χ2v) is 5.87. The van der Waals surface area contributed by atoms with E-state index in [4.69, 9.17) is 16.3 Å². The van der Waals surface area contributed by atoms with Gasteiger partial charge in [-0.05, 0) is 19.1 Å². The molecule has 1 heterocycles. The van der Waals surface area contributed by atoms with E-state index >= 15 is 0 Å². The Balaban J connectivity index is 1.83. The summed E-state index contributed by atoms with van der Waals surface area (Å²) in [6.07, 6.45) is 0.225. The molecule has 0 spiro atoms. The minimum atomic E-state index is -0.363. The quantitative estimate of drug-likeness (QED) is 0.760. The predicted octanol–water partition coefficient (Wildman–Crippen LogP) is 1.97. The van der Waals surface area contributed by atoms with Gasteiger partial charge in [0.05, 0.1) is 23.6 Å². The summed E-state index contributed by atoms with van der Waals surface area (Å²) in [5, 5.41) is 0.426. The average molecular weight is 353 g/mol. The topological polar surface area (TPSA) is 66.9 Å². The maximum Gasteiger partial charge on any atom is 0.306 e. The van der Waals surface area contributed by atoms with Crippen molar-refractivity contribution in [1.29, 1.82) is 0 Å². The molecule has 6 nitrogen and oxygen atoms in total. The maximum atomic E-state index is 12.5. The summed E-state index contributed by atoms with van der Waals surface area (Å²) < 4.78 is 4.81. The first-order valence-electron chi connectivity index (χ1n) is 8.00. The Morgan fingerprint density at radius 2 is 1.67 bits per heavy atom. The SMILES string of the molecule is CCOC(=O)CCC(=O)N1CCN(C(=O)c2ccccc2Cl)CC1.